The third-order valence-corrected chi connectivity index (χ3v) is 7.55. The molecule has 0 spiro atoms. The van der Waals surface area contributed by atoms with Crippen molar-refractivity contribution in [1.29, 1.82) is 0 Å². The van der Waals surface area contributed by atoms with Crippen LogP contribution in [0.15, 0.2) is 4.99 Å². The molecule has 0 aromatic heterocycles. The fourth-order valence-electron chi connectivity index (χ4n) is 3.49. The van der Waals surface area contributed by atoms with Crippen molar-refractivity contribution in [3.8, 4) is 0 Å². The lowest BCUT2D eigenvalue weighted by atomic mass is 10.1. The summed E-state index contributed by atoms with van der Waals surface area (Å²) in [5, 5.41) is 3.46. The second-order valence-electron chi connectivity index (χ2n) is 7.38. The lowest BCUT2D eigenvalue weighted by molar-refractivity contribution is 0.321. The quantitative estimate of drug-likeness (QED) is 0.604. The fraction of sp³-hybridized carbons (Fsp3) is 0.938. The molecular formula is C16H32N4O2S. The molecule has 0 aromatic rings. The van der Waals surface area contributed by atoms with Gasteiger partial charge in [-0.3, -0.25) is 4.99 Å². The van der Waals surface area contributed by atoms with E-state index in [1.807, 2.05) is 0 Å². The highest BCUT2D eigenvalue weighted by Gasteiger charge is 2.41. The topological polar surface area (TPSA) is 65.0 Å². The van der Waals surface area contributed by atoms with Gasteiger partial charge in [0.1, 0.15) is 0 Å². The number of hydrogen-bond donors (Lipinski definition) is 1. The van der Waals surface area contributed by atoms with E-state index < -0.39 is 14.6 Å². The van der Waals surface area contributed by atoms with Crippen LogP contribution in [0.4, 0.5) is 0 Å². The minimum atomic E-state index is -3.01. The van der Waals surface area contributed by atoms with Crippen molar-refractivity contribution < 1.29 is 8.42 Å². The van der Waals surface area contributed by atoms with Gasteiger partial charge in [-0.05, 0) is 45.7 Å². The van der Waals surface area contributed by atoms with Gasteiger partial charge < -0.3 is 15.1 Å². The monoisotopic (exact) mass is 344 g/mol. The maximum Gasteiger partial charge on any atom is 0.193 e. The first-order valence-electron chi connectivity index (χ1n) is 8.69. The van der Waals surface area contributed by atoms with Crippen LogP contribution in [0.25, 0.3) is 0 Å². The van der Waals surface area contributed by atoms with Gasteiger partial charge in [-0.1, -0.05) is 6.92 Å². The van der Waals surface area contributed by atoms with Gasteiger partial charge >= 0.3 is 0 Å². The number of hydrogen-bond acceptors (Lipinski definition) is 4. The van der Waals surface area contributed by atoms with Crippen LogP contribution in [0, 0.1) is 5.92 Å². The summed E-state index contributed by atoms with van der Waals surface area (Å²) in [5.74, 6) is 1.69. The summed E-state index contributed by atoms with van der Waals surface area (Å²) in [5.41, 5.74) is 0. The van der Waals surface area contributed by atoms with Crippen molar-refractivity contribution in [3.63, 3.8) is 0 Å². The van der Waals surface area contributed by atoms with Crippen LogP contribution in [0.3, 0.4) is 0 Å². The van der Waals surface area contributed by atoms with Crippen molar-refractivity contribution in [1.82, 2.24) is 15.1 Å². The molecule has 0 amide bonds. The molecule has 2 fully saturated rings. The van der Waals surface area contributed by atoms with E-state index in [2.05, 4.69) is 27.0 Å². The Balaban J connectivity index is 1.87. The Morgan fingerprint density at radius 3 is 2.70 bits per heavy atom. The number of nitrogens with zero attached hydrogens (tertiary/aromatic N) is 3. The Kier molecular flexibility index (Phi) is 5.94. The van der Waals surface area contributed by atoms with E-state index in [1.54, 1.807) is 20.9 Å². The predicted molar refractivity (Wildman–Crippen MR) is 95.6 cm³/mol. The summed E-state index contributed by atoms with van der Waals surface area (Å²) < 4.78 is 23.5. The molecule has 23 heavy (non-hydrogen) atoms. The first-order chi connectivity index (χ1) is 10.8. The normalized spacial score (nSPS) is 28.1. The smallest absolute Gasteiger partial charge is 0.193 e. The zero-order valence-electron chi connectivity index (χ0n) is 15.0. The van der Waals surface area contributed by atoms with Crippen molar-refractivity contribution in [3.05, 3.63) is 0 Å². The lowest BCUT2D eigenvalue weighted by Crippen LogP contribution is -2.57. The summed E-state index contributed by atoms with van der Waals surface area (Å²) in [6.45, 7) is 11.3. The largest absolute Gasteiger partial charge is 0.356 e. The molecule has 134 valence electrons. The highest BCUT2D eigenvalue weighted by Crippen LogP contribution is 2.24. The standard InChI is InChI=1S/C16H32N4O2S/c1-5-7-19-8-6-14(12-19)11-18-15(17-4)20-9-10-23(21,22)16(2,3)13-20/h14H,5-13H2,1-4H3,(H,17,18). The van der Waals surface area contributed by atoms with Gasteiger partial charge in [-0.15, -0.1) is 0 Å². The zero-order valence-corrected chi connectivity index (χ0v) is 15.8. The SMILES string of the molecule is CCCN1CCC(CNC(=NC)N2CCS(=O)(=O)C(C)(C)C2)C1. The minimum Gasteiger partial charge on any atom is -0.356 e. The van der Waals surface area contributed by atoms with E-state index >= 15 is 0 Å². The maximum absolute atomic E-state index is 12.1. The third-order valence-electron chi connectivity index (χ3n) is 5.01. The number of rotatable bonds is 4. The molecule has 2 saturated heterocycles. The van der Waals surface area contributed by atoms with Crippen LogP contribution in [0.5, 0.6) is 0 Å². The Hall–Kier alpha value is -0.820. The van der Waals surface area contributed by atoms with Crippen molar-refractivity contribution in [2.75, 3.05) is 52.1 Å². The number of nitrogens with one attached hydrogen (secondary N) is 1. The first-order valence-corrected chi connectivity index (χ1v) is 10.3. The summed E-state index contributed by atoms with van der Waals surface area (Å²) in [7, 11) is -1.24. The van der Waals surface area contributed by atoms with E-state index in [-0.39, 0.29) is 5.75 Å². The second kappa shape index (κ2) is 7.38. The fourth-order valence-corrected chi connectivity index (χ4v) is 4.86. The molecule has 2 aliphatic rings. The molecule has 0 radical (unpaired) electrons. The van der Waals surface area contributed by atoms with Crippen LogP contribution >= 0.6 is 0 Å². The molecule has 2 aliphatic heterocycles. The highest BCUT2D eigenvalue weighted by atomic mass is 32.2. The lowest BCUT2D eigenvalue weighted by Gasteiger charge is -2.39. The number of aliphatic imine (C=N–C) groups is 1. The van der Waals surface area contributed by atoms with E-state index in [0.717, 1.165) is 19.0 Å². The van der Waals surface area contributed by atoms with Crippen LogP contribution in [-0.4, -0.2) is 81.0 Å². The third kappa shape index (κ3) is 4.38. The van der Waals surface area contributed by atoms with Crippen LogP contribution in [-0.2, 0) is 9.84 Å². The van der Waals surface area contributed by atoms with E-state index in [0.29, 0.717) is 19.0 Å². The molecule has 0 bridgehead atoms. The van der Waals surface area contributed by atoms with Gasteiger partial charge in [0.2, 0.25) is 0 Å². The van der Waals surface area contributed by atoms with Gasteiger partial charge in [0.15, 0.2) is 15.8 Å². The molecule has 7 heteroatoms. The Bertz CT molecular complexity index is 530. The van der Waals surface area contributed by atoms with Crippen molar-refractivity contribution in [2.45, 2.75) is 38.4 Å². The van der Waals surface area contributed by atoms with Crippen LogP contribution < -0.4 is 5.32 Å². The van der Waals surface area contributed by atoms with E-state index in [1.165, 1.54) is 25.9 Å². The van der Waals surface area contributed by atoms with Gasteiger partial charge in [0.05, 0.1) is 10.5 Å². The Labute approximate surface area is 141 Å². The number of guanidine groups is 1. The first kappa shape index (κ1) is 18.5. The van der Waals surface area contributed by atoms with Gasteiger partial charge in [-0.2, -0.15) is 0 Å². The number of sulfone groups is 1. The molecule has 6 nitrogen and oxygen atoms in total. The summed E-state index contributed by atoms with van der Waals surface area (Å²) in [4.78, 5) is 8.97. The molecule has 1 unspecified atom stereocenters. The minimum absolute atomic E-state index is 0.203. The molecule has 0 aromatic carbocycles. The van der Waals surface area contributed by atoms with Crippen molar-refractivity contribution in [2.24, 2.45) is 10.9 Å². The second-order valence-corrected chi connectivity index (χ2v) is 10.1. The Morgan fingerprint density at radius 1 is 1.35 bits per heavy atom. The maximum atomic E-state index is 12.1. The molecular weight excluding hydrogens is 312 g/mol. The van der Waals surface area contributed by atoms with Crippen molar-refractivity contribution >= 4 is 15.8 Å². The molecule has 1 atom stereocenters. The average molecular weight is 345 g/mol. The highest BCUT2D eigenvalue weighted by molar-refractivity contribution is 7.92. The molecule has 1 N–H and O–H groups in total. The van der Waals surface area contributed by atoms with E-state index in [4.69, 9.17) is 0 Å². The Morgan fingerprint density at radius 2 is 2.09 bits per heavy atom. The van der Waals surface area contributed by atoms with Crippen LogP contribution in [0.1, 0.15) is 33.6 Å². The molecule has 0 aliphatic carbocycles. The summed E-state index contributed by atoms with van der Waals surface area (Å²) in [6, 6.07) is 0. The summed E-state index contributed by atoms with van der Waals surface area (Å²) >= 11 is 0. The van der Waals surface area contributed by atoms with Crippen LogP contribution in [0.2, 0.25) is 0 Å². The summed E-state index contributed by atoms with van der Waals surface area (Å²) in [6.07, 6.45) is 2.43. The average Bonchev–Trinajstić information content (AvgIpc) is 2.91. The predicted octanol–water partition coefficient (Wildman–Crippen LogP) is 0.803. The van der Waals surface area contributed by atoms with E-state index in [9.17, 15) is 8.42 Å². The van der Waals surface area contributed by atoms with Gasteiger partial charge in [0, 0.05) is 33.2 Å². The zero-order chi connectivity index (χ0) is 17.1. The molecule has 0 saturated carbocycles. The van der Waals surface area contributed by atoms with Gasteiger partial charge in [0.25, 0.3) is 0 Å². The number of likely N-dealkylation sites (tertiary alicyclic amines) is 1. The van der Waals surface area contributed by atoms with Gasteiger partial charge in [-0.25, -0.2) is 8.42 Å². The molecule has 2 heterocycles. The molecule has 2 rings (SSSR count).